The number of nitrogens with zero attached hydrogens (tertiary/aromatic N) is 4. The fourth-order valence-electron chi connectivity index (χ4n) is 25.5. The van der Waals surface area contributed by atoms with E-state index in [4.69, 9.17) is 0 Å². The van der Waals surface area contributed by atoms with Gasteiger partial charge >= 0.3 is 0 Å². The van der Waals surface area contributed by atoms with Crippen LogP contribution in [0.4, 0.5) is 68.2 Å². The third-order valence-corrected chi connectivity index (χ3v) is 31.1. The van der Waals surface area contributed by atoms with Gasteiger partial charge in [0.15, 0.2) is 0 Å². The van der Waals surface area contributed by atoms with Crippen LogP contribution in [0.5, 0.6) is 0 Å². The predicted octanol–water partition coefficient (Wildman–Crippen LogP) is 25.8. The van der Waals surface area contributed by atoms with Crippen molar-refractivity contribution in [1.29, 1.82) is 0 Å². The fourth-order valence-corrected chi connectivity index (χ4v) is 25.5. The van der Waals surface area contributed by atoms with Crippen molar-refractivity contribution >= 4 is 114 Å². The van der Waals surface area contributed by atoms with Crippen LogP contribution in [0.25, 0.3) is 0 Å². The van der Waals surface area contributed by atoms with E-state index in [1.165, 1.54) is 223 Å². The Morgan fingerprint density at radius 2 is 0.658 bits per heavy atom. The molecule has 0 aromatic heterocycles. The first-order valence-electron chi connectivity index (χ1n) is 44.8. The van der Waals surface area contributed by atoms with E-state index in [2.05, 4.69) is 345 Å². The highest BCUT2D eigenvalue weighted by Crippen LogP contribution is 2.66. The van der Waals surface area contributed by atoms with Crippen LogP contribution in [0, 0.1) is 41.4 Å². The van der Waals surface area contributed by atoms with Gasteiger partial charge in [-0.3, -0.25) is 0 Å². The van der Waals surface area contributed by atoms with E-state index in [9.17, 15) is 0 Å². The molecule has 4 heterocycles. The molecule has 22 rings (SSSR count). The standard InChI is InChI=1S/C108H124B2N4/c1-64(2)72-24-33-84(34-25-72)111-94-39-28-74(66(5)6)48-90(94)110-91-49-75(29-40-95(91)112(85-35-26-73(27-36-85)65(3)4)99-55-82(54-98(111)102(99)110)107-58-68-43-69(59-107)45-70(44-68)60-107)67(7)42-88-76-46-71-47-77(88)63-108(61-71,62-76)83-56-97-101-100(57-83)114(87-51-80(105(14,15)16)50-81(52-87)106(17,18)19)93-23-21-20-22-89(93)109(101)92-53-79(104(11,12)13)32-41-96(92)113(97)86-37-30-78(31-38-86)103(8,9)10/h20-41,48-57,64-71,76-77,88H,42-47,58-63H2,1-19H3. The second-order valence-corrected chi connectivity index (χ2v) is 43.7. The van der Waals surface area contributed by atoms with Crippen LogP contribution in [-0.4, -0.2) is 13.4 Å². The summed E-state index contributed by atoms with van der Waals surface area (Å²) in [6.45, 7) is 45.6. The molecule has 4 nitrogen and oxygen atoms in total. The van der Waals surface area contributed by atoms with Gasteiger partial charge in [-0.25, -0.2) is 0 Å². The number of rotatable bonds is 12. The molecule has 8 aliphatic carbocycles. The minimum atomic E-state index is -0.0562. The zero-order chi connectivity index (χ0) is 79.1. The van der Waals surface area contributed by atoms with Crippen molar-refractivity contribution < 1.29 is 0 Å². The van der Waals surface area contributed by atoms with E-state index < -0.39 is 0 Å². The SMILES string of the molecule is CC(C)c1ccc(N2c3ccc(C(C)C)cc3B3c4cc(C(C)CC5C6CC7CC5CC(c5cc8c9c(c5)N(c5ccc(C(C)(C)C)cc5)c5ccc(C(C)(C)C)cc5B9c5ccccc5N8c5cc(C(C)(C)C)cc(C(C)(C)C)c5)(C7)C6)ccc4N(c4ccc(C(C)C)cc4)c4cc(C56CC7CC(CC(C7)C5)C6)cc2c43)cc1. The molecule has 114 heavy (non-hydrogen) atoms. The fraction of sp³-hybridized carbons (Fsp3) is 0.444. The van der Waals surface area contributed by atoms with E-state index in [-0.39, 0.29) is 45.9 Å². The lowest BCUT2D eigenvalue weighted by Gasteiger charge is -2.61. The highest BCUT2D eigenvalue weighted by atomic mass is 15.2. The van der Waals surface area contributed by atoms with Crippen LogP contribution in [0.15, 0.2) is 194 Å². The molecule has 12 aliphatic rings. The number of benzene rings is 10. The van der Waals surface area contributed by atoms with Gasteiger partial charge in [-0.1, -0.05) is 229 Å². The molecule has 10 aromatic rings. The van der Waals surface area contributed by atoms with Crippen LogP contribution >= 0.6 is 0 Å². The Morgan fingerprint density at radius 3 is 1.11 bits per heavy atom. The molecule has 0 spiro atoms. The van der Waals surface area contributed by atoms with Crippen molar-refractivity contribution in [2.24, 2.45) is 41.4 Å². The normalized spacial score (nSPS) is 24.4. The molecule has 0 radical (unpaired) electrons. The molecule has 6 heteroatoms. The van der Waals surface area contributed by atoms with Gasteiger partial charge in [0.05, 0.1) is 0 Å². The van der Waals surface area contributed by atoms with Crippen molar-refractivity contribution in [2.45, 2.75) is 265 Å². The van der Waals surface area contributed by atoms with Gasteiger partial charge < -0.3 is 19.6 Å². The maximum Gasteiger partial charge on any atom is 0.252 e. The summed E-state index contributed by atoms with van der Waals surface area (Å²) >= 11 is 0. The van der Waals surface area contributed by atoms with E-state index in [0.717, 1.165) is 23.7 Å². The van der Waals surface area contributed by atoms with E-state index in [0.29, 0.717) is 41.4 Å². The summed E-state index contributed by atoms with van der Waals surface area (Å²) in [7, 11) is 0. The summed E-state index contributed by atoms with van der Waals surface area (Å²) in [6, 6.07) is 80.9. The van der Waals surface area contributed by atoms with Crippen molar-refractivity contribution in [3.05, 3.63) is 250 Å². The van der Waals surface area contributed by atoms with Crippen molar-refractivity contribution in [2.75, 3.05) is 19.6 Å². The lowest BCUT2D eigenvalue weighted by atomic mass is 9.33. The van der Waals surface area contributed by atoms with Gasteiger partial charge in [-0.15, -0.1) is 0 Å². The van der Waals surface area contributed by atoms with E-state index in [1.54, 1.807) is 11.1 Å². The average molecular weight is 1500 g/mol. The maximum atomic E-state index is 2.81. The zero-order valence-electron chi connectivity index (χ0n) is 72.3. The molecule has 8 fully saturated rings. The largest absolute Gasteiger partial charge is 0.311 e. The maximum absolute atomic E-state index is 2.81. The van der Waals surface area contributed by atoms with Gasteiger partial charge in [0.2, 0.25) is 0 Å². The minimum absolute atomic E-state index is 0.0268. The Morgan fingerprint density at radius 1 is 0.307 bits per heavy atom. The Bertz CT molecular complexity index is 5390. The van der Waals surface area contributed by atoms with Crippen LogP contribution in [0.3, 0.4) is 0 Å². The Balaban J connectivity index is 0.723. The highest BCUT2D eigenvalue weighted by Gasteiger charge is 2.58. The molecule has 3 atom stereocenters. The summed E-state index contributed by atoms with van der Waals surface area (Å²) in [4.78, 5) is 11.0. The van der Waals surface area contributed by atoms with Crippen molar-refractivity contribution in [3.8, 4) is 0 Å². The third kappa shape index (κ3) is 12.0. The Labute approximate surface area is 685 Å². The van der Waals surface area contributed by atoms with Crippen LogP contribution in [-0.2, 0) is 32.5 Å². The summed E-state index contributed by atoms with van der Waals surface area (Å²) < 4.78 is 0. The summed E-state index contributed by atoms with van der Waals surface area (Å²) in [5.74, 6) is 6.90. The first-order valence-corrected chi connectivity index (χ1v) is 44.8. The molecule has 10 aromatic carbocycles. The second-order valence-electron chi connectivity index (χ2n) is 43.7. The van der Waals surface area contributed by atoms with Crippen LogP contribution in [0.2, 0.25) is 0 Å². The number of anilines is 12. The average Bonchev–Trinajstić information content (AvgIpc) is 0.692. The van der Waals surface area contributed by atoms with E-state index >= 15 is 0 Å². The van der Waals surface area contributed by atoms with Crippen molar-refractivity contribution in [1.82, 2.24) is 0 Å². The molecule has 8 bridgehead atoms. The Kier molecular flexibility index (Phi) is 17.1. The van der Waals surface area contributed by atoms with Gasteiger partial charge in [0.1, 0.15) is 0 Å². The lowest BCUT2D eigenvalue weighted by Crippen LogP contribution is -2.62. The third-order valence-electron chi connectivity index (χ3n) is 31.1. The summed E-state index contributed by atoms with van der Waals surface area (Å²) in [5.41, 5.74) is 39.1. The molecule has 582 valence electrons. The topological polar surface area (TPSA) is 13.0 Å². The molecule has 3 unspecified atom stereocenters. The van der Waals surface area contributed by atoms with Crippen LogP contribution in [0.1, 0.15) is 288 Å². The predicted molar refractivity (Wildman–Crippen MR) is 490 cm³/mol. The first kappa shape index (κ1) is 74.4. The quantitative estimate of drug-likeness (QED) is 0.113. The first-order chi connectivity index (χ1) is 54.2. The second kappa shape index (κ2) is 26.3. The number of hydrogen-bond acceptors (Lipinski definition) is 4. The van der Waals surface area contributed by atoms with E-state index in [1.807, 2.05) is 0 Å². The monoisotopic (exact) mass is 1500 g/mol. The minimum Gasteiger partial charge on any atom is -0.311 e. The lowest BCUT2D eigenvalue weighted by molar-refractivity contribution is -0.0608. The molecule has 0 amide bonds. The summed E-state index contributed by atoms with van der Waals surface area (Å²) in [6.07, 6.45) is 16.0. The number of fused-ring (bicyclic) bond motifs is 8. The number of para-hydroxylation sites is 1. The molecule has 0 N–H and O–H groups in total. The number of hydrogen-bond donors (Lipinski definition) is 0. The summed E-state index contributed by atoms with van der Waals surface area (Å²) in [5, 5.41) is 0. The van der Waals surface area contributed by atoms with Gasteiger partial charge in [0.25, 0.3) is 13.4 Å². The molecule has 4 aliphatic heterocycles. The van der Waals surface area contributed by atoms with Gasteiger partial charge in [-0.2, -0.15) is 0 Å². The molecular weight excluding hydrogens is 1370 g/mol. The van der Waals surface area contributed by atoms with Gasteiger partial charge in [-0.05, 0) is 360 Å². The smallest absolute Gasteiger partial charge is 0.252 e. The Hall–Kier alpha value is -8.47. The van der Waals surface area contributed by atoms with Crippen LogP contribution < -0.4 is 52.4 Å². The molecule has 0 saturated heterocycles. The zero-order valence-corrected chi connectivity index (χ0v) is 72.3. The van der Waals surface area contributed by atoms with Crippen molar-refractivity contribution in [3.63, 3.8) is 0 Å². The highest BCUT2D eigenvalue weighted by molar-refractivity contribution is 7.01. The molecule has 8 saturated carbocycles. The van der Waals surface area contributed by atoms with Gasteiger partial charge in [0, 0.05) is 68.2 Å². The molecular formula is C108H124B2N4.